The number of hydrogen-bond acceptors (Lipinski definition) is 4. The molecule has 0 amide bonds. The van der Waals surface area contributed by atoms with Gasteiger partial charge in [0.1, 0.15) is 0 Å². The fourth-order valence-electron chi connectivity index (χ4n) is 1.64. The summed E-state index contributed by atoms with van der Waals surface area (Å²) >= 11 is 1.18. The molecule has 2 heterocycles. The van der Waals surface area contributed by atoms with Crippen LogP contribution >= 0.6 is 11.3 Å². The smallest absolute Gasteiger partial charge is 0.297 e. The molecule has 0 spiro atoms. The number of nitrogens with zero attached hydrogens (tertiary/aromatic N) is 2. The molecule has 0 aliphatic heterocycles. The molecule has 0 aromatic carbocycles. The monoisotopic (exact) mass is 286 g/mol. The Morgan fingerprint density at radius 3 is 2.68 bits per heavy atom. The quantitative estimate of drug-likeness (QED) is 0.811. The molecule has 0 fully saturated rings. The van der Waals surface area contributed by atoms with Crippen molar-refractivity contribution in [2.75, 3.05) is 0 Å². The van der Waals surface area contributed by atoms with E-state index in [0.29, 0.717) is 22.6 Å². The zero-order valence-electron chi connectivity index (χ0n) is 9.65. The standard InChI is InChI=1S/C12H9F3N2OS/c13-12(14,15)10-3-4-16-5-8(10)1-2-11-17-6-9(7-18)19-11/h3-7H,1-2H2. The highest BCUT2D eigenvalue weighted by molar-refractivity contribution is 7.13. The van der Waals surface area contributed by atoms with E-state index in [1.807, 2.05) is 0 Å². The molecule has 0 radical (unpaired) electrons. The number of pyridine rings is 1. The highest BCUT2D eigenvalue weighted by Gasteiger charge is 2.32. The average molecular weight is 286 g/mol. The first-order chi connectivity index (χ1) is 9.00. The molecule has 0 bridgehead atoms. The van der Waals surface area contributed by atoms with E-state index in [0.717, 1.165) is 12.3 Å². The highest BCUT2D eigenvalue weighted by atomic mass is 32.1. The predicted octanol–water partition coefficient (Wildman–Crippen LogP) is 3.15. The van der Waals surface area contributed by atoms with Crippen LogP contribution in [0.1, 0.15) is 25.8 Å². The number of hydrogen-bond donors (Lipinski definition) is 0. The van der Waals surface area contributed by atoms with Gasteiger partial charge in [-0.3, -0.25) is 9.78 Å². The molecule has 0 saturated heterocycles. The van der Waals surface area contributed by atoms with E-state index in [1.54, 1.807) is 0 Å². The van der Waals surface area contributed by atoms with E-state index in [4.69, 9.17) is 0 Å². The summed E-state index contributed by atoms with van der Waals surface area (Å²) in [5.41, 5.74) is -0.535. The lowest BCUT2D eigenvalue weighted by molar-refractivity contribution is -0.138. The Hall–Kier alpha value is -1.76. The Kier molecular flexibility index (Phi) is 3.94. The van der Waals surface area contributed by atoms with Crippen molar-refractivity contribution >= 4 is 17.6 Å². The molecule has 100 valence electrons. The van der Waals surface area contributed by atoms with Gasteiger partial charge in [-0.2, -0.15) is 13.2 Å². The molecule has 2 rings (SSSR count). The Balaban J connectivity index is 2.13. The first kappa shape index (κ1) is 13.7. The van der Waals surface area contributed by atoms with Gasteiger partial charge < -0.3 is 0 Å². The molecule has 19 heavy (non-hydrogen) atoms. The van der Waals surface area contributed by atoms with Crippen molar-refractivity contribution in [1.82, 2.24) is 9.97 Å². The predicted molar refractivity (Wildman–Crippen MR) is 64.1 cm³/mol. The van der Waals surface area contributed by atoms with E-state index in [-0.39, 0.29) is 12.0 Å². The minimum absolute atomic E-state index is 0.137. The van der Waals surface area contributed by atoms with Gasteiger partial charge in [0.25, 0.3) is 0 Å². The molecule has 7 heteroatoms. The van der Waals surface area contributed by atoms with Crippen molar-refractivity contribution in [3.8, 4) is 0 Å². The maximum Gasteiger partial charge on any atom is 0.416 e. The molecule has 0 atom stereocenters. The van der Waals surface area contributed by atoms with Gasteiger partial charge in [0.2, 0.25) is 0 Å². The van der Waals surface area contributed by atoms with Crippen molar-refractivity contribution < 1.29 is 18.0 Å². The van der Waals surface area contributed by atoms with Gasteiger partial charge in [-0.05, 0) is 18.1 Å². The minimum atomic E-state index is -4.38. The molecule has 0 aliphatic carbocycles. The lowest BCUT2D eigenvalue weighted by atomic mass is 10.1. The van der Waals surface area contributed by atoms with Gasteiger partial charge in [0.05, 0.1) is 15.4 Å². The lowest BCUT2D eigenvalue weighted by Gasteiger charge is -2.11. The summed E-state index contributed by atoms with van der Waals surface area (Å²) in [6, 6.07) is 0.966. The van der Waals surface area contributed by atoms with Crippen LogP contribution in [-0.4, -0.2) is 16.3 Å². The molecule has 3 nitrogen and oxygen atoms in total. The van der Waals surface area contributed by atoms with Gasteiger partial charge >= 0.3 is 6.18 Å². The van der Waals surface area contributed by atoms with Crippen LogP contribution in [0, 0.1) is 0 Å². The van der Waals surface area contributed by atoms with Crippen LogP contribution in [0.25, 0.3) is 0 Å². The van der Waals surface area contributed by atoms with E-state index < -0.39 is 11.7 Å². The topological polar surface area (TPSA) is 42.9 Å². The summed E-state index contributed by atoms with van der Waals surface area (Å²) in [6.45, 7) is 0. The molecule has 0 N–H and O–H groups in total. The summed E-state index contributed by atoms with van der Waals surface area (Å²) in [4.78, 5) is 18.7. The summed E-state index contributed by atoms with van der Waals surface area (Å²) in [5.74, 6) is 0. The van der Waals surface area contributed by atoms with Crippen LogP contribution in [-0.2, 0) is 19.0 Å². The number of thiazole rings is 1. The fourth-order valence-corrected chi connectivity index (χ4v) is 2.37. The second-order valence-corrected chi connectivity index (χ2v) is 4.95. The summed E-state index contributed by atoms with van der Waals surface area (Å²) in [7, 11) is 0. The lowest BCUT2D eigenvalue weighted by Crippen LogP contribution is -2.10. The van der Waals surface area contributed by atoms with E-state index in [1.165, 1.54) is 23.7 Å². The fraction of sp³-hybridized carbons (Fsp3) is 0.250. The minimum Gasteiger partial charge on any atom is -0.297 e. The molecule has 0 unspecified atom stereocenters. The van der Waals surface area contributed by atoms with Crippen molar-refractivity contribution in [2.24, 2.45) is 0 Å². The zero-order valence-corrected chi connectivity index (χ0v) is 10.5. The van der Waals surface area contributed by atoms with Crippen LogP contribution in [0.4, 0.5) is 13.2 Å². The van der Waals surface area contributed by atoms with Crippen molar-refractivity contribution in [1.29, 1.82) is 0 Å². The molecule has 0 aliphatic rings. The van der Waals surface area contributed by atoms with E-state index >= 15 is 0 Å². The Morgan fingerprint density at radius 1 is 1.26 bits per heavy atom. The molecule has 0 saturated carbocycles. The normalized spacial score (nSPS) is 11.5. The maximum absolute atomic E-state index is 12.7. The molecular weight excluding hydrogens is 277 g/mol. The number of aryl methyl sites for hydroxylation is 2. The third-order valence-electron chi connectivity index (χ3n) is 2.50. The number of alkyl halides is 3. The number of carbonyl (C=O) groups is 1. The highest BCUT2D eigenvalue weighted by Crippen LogP contribution is 2.32. The van der Waals surface area contributed by atoms with Crippen LogP contribution < -0.4 is 0 Å². The number of aromatic nitrogens is 2. The second-order valence-electron chi connectivity index (χ2n) is 3.80. The number of aldehydes is 1. The van der Waals surface area contributed by atoms with Gasteiger partial charge in [-0.15, -0.1) is 11.3 Å². The molecule has 2 aromatic rings. The number of carbonyl (C=O) groups excluding carboxylic acids is 1. The zero-order chi connectivity index (χ0) is 13.9. The van der Waals surface area contributed by atoms with E-state index in [9.17, 15) is 18.0 Å². The maximum atomic E-state index is 12.7. The van der Waals surface area contributed by atoms with Crippen LogP contribution in [0.2, 0.25) is 0 Å². The summed E-state index contributed by atoms with van der Waals surface area (Å²) < 4.78 is 38.2. The van der Waals surface area contributed by atoms with Crippen molar-refractivity contribution in [3.63, 3.8) is 0 Å². The van der Waals surface area contributed by atoms with Gasteiger partial charge in [-0.25, -0.2) is 4.98 Å². The summed E-state index contributed by atoms with van der Waals surface area (Å²) in [6.07, 6.45) is 0.599. The Labute approximate surface area is 111 Å². The number of halogens is 3. The van der Waals surface area contributed by atoms with Crippen molar-refractivity contribution in [3.05, 3.63) is 45.7 Å². The van der Waals surface area contributed by atoms with Crippen LogP contribution in [0.5, 0.6) is 0 Å². The second kappa shape index (κ2) is 5.48. The SMILES string of the molecule is O=Cc1cnc(CCc2cnccc2C(F)(F)F)s1. The first-order valence-corrected chi connectivity index (χ1v) is 6.22. The Bertz CT molecular complexity index is 580. The summed E-state index contributed by atoms with van der Waals surface area (Å²) in [5, 5.41) is 0.638. The third kappa shape index (κ3) is 3.37. The average Bonchev–Trinajstić information content (AvgIpc) is 2.83. The van der Waals surface area contributed by atoms with Gasteiger partial charge in [0.15, 0.2) is 6.29 Å². The Morgan fingerprint density at radius 2 is 2.05 bits per heavy atom. The van der Waals surface area contributed by atoms with Crippen LogP contribution in [0.15, 0.2) is 24.7 Å². The molecular formula is C12H9F3N2OS. The van der Waals surface area contributed by atoms with E-state index in [2.05, 4.69) is 9.97 Å². The van der Waals surface area contributed by atoms with Gasteiger partial charge in [0, 0.05) is 25.0 Å². The molecule has 2 aromatic heterocycles. The van der Waals surface area contributed by atoms with Crippen LogP contribution in [0.3, 0.4) is 0 Å². The van der Waals surface area contributed by atoms with Gasteiger partial charge in [-0.1, -0.05) is 0 Å². The first-order valence-electron chi connectivity index (χ1n) is 5.40. The largest absolute Gasteiger partial charge is 0.416 e. The van der Waals surface area contributed by atoms with Crippen molar-refractivity contribution in [2.45, 2.75) is 19.0 Å². The third-order valence-corrected chi connectivity index (χ3v) is 3.49. The number of rotatable bonds is 4.